The van der Waals surface area contributed by atoms with Crippen LogP contribution in [0.15, 0.2) is 461 Å². The van der Waals surface area contributed by atoms with Crippen LogP contribution in [0.5, 0.6) is 0 Å². The van der Waals surface area contributed by atoms with Crippen molar-refractivity contribution in [2.24, 2.45) is 0 Å². The number of fused-ring (bicyclic) bond motifs is 21. The van der Waals surface area contributed by atoms with Crippen molar-refractivity contribution < 1.29 is 60.3 Å². The molecule has 0 saturated carbocycles. The molecule has 0 fully saturated rings. The van der Waals surface area contributed by atoms with Gasteiger partial charge in [0, 0.05) is 132 Å². The molecule has 0 spiro atoms. The standard InChI is InChI=1S/C24H17BO2S.3C22H15BO2S.2C18H13BO2S/c26-25(27)19-14-17(16-7-2-1-3-8-16)13-18(15-19)20-10-6-11-22-21-9-4-5-12-23(21)28-24(20)22;24-23(25)20-12-5-8-14-15(7-3-9-16(14)20)18-10-4-11-19-17-6-1-2-13-21(17)26-22(18)19;24-23(25)20-13-15(12-14-6-1-2-7-16(14)20)17-9-5-10-19-18-8-3-4-11-21(18)26-22(17)19;24-23(25)20-13-12-15(14-6-1-2-7-16(14)20)18-9-5-10-19-17-8-3-4-11-21(17)26-22(18)19;20-19(21)13-6-3-5-12(11-13)14-8-4-9-16-15-7-1-2-10-17(15)22-18(14)16;20-19(21)13-10-8-12(9-11-13)14-5-3-6-16-15-4-1-2-7-17(15)22-18(14)16/h1-15,26-27H;3*1-13,24-25H;2*1-11,20-21H. The predicted octanol–water partition coefficient (Wildman–Crippen LogP) is 25.5. The molecule has 0 bridgehead atoms. The summed E-state index contributed by atoms with van der Waals surface area (Å²) in [6.45, 7) is 0. The van der Waals surface area contributed by atoms with Gasteiger partial charge in [0.05, 0.1) is 0 Å². The van der Waals surface area contributed by atoms with Crippen LogP contribution < -0.4 is 32.8 Å². The highest BCUT2D eigenvalue weighted by Crippen LogP contribution is 2.49. The van der Waals surface area contributed by atoms with E-state index in [4.69, 9.17) is 0 Å². The number of hydrogen-bond acceptors (Lipinski definition) is 18. The van der Waals surface area contributed by atoms with Gasteiger partial charge < -0.3 is 60.3 Å². The first-order valence-corrected chi connectivity index (χ1v) is 53.9. The van der Waals surface area contributed by atoms with Crippen LogP contribution in [0.3, 0.4) is 0 Å². The highest BCUT2D eigenvalue weighted by atomic mass is 32.1. The third kappa shape index (κ3) is 19.3. The Morgan fingerprint density at radius 2 is 0.407 bits per heavy atom. The molecule has 12 nitrogen and oxygen atoms in total. The zero-order valence-electron chi connectivity index (χ0n) is 80.2. The maximum atomic E-state index is 9.88. The Labute approximate surface area is 888 Å². The first-order chi connectivity index (χ1) is 73.4. The van der Waals surface area contributed by atoms with Crippen LogP contribution in [0.25, 0.3) is 231 Å². The van der Waals surface area contributed by atoms with Crippen molar-refractivity contribution in [2.45, 2.75) is 0 Å². The molecule has 0 saturated heterocycles. The Morgan fingerprint density at radius 3 is 0.820 bits per heavy atom. The largest absolute Gasteiger partial charge is 0.489 e. The fourth-order valence-electron chi connectivity index (χ4n) is 20.6. The van der Waals surface area contributed by atoms with E-state index in [2.05, 4.69) is 273 Å². The van der Waals surface area contributed by atoms with E-state index in [1.54, 1.807) is 92.3 Å². The maximum Gasteiger partial charge on any atom is 0.489 e. The molecule has 0 aliphatic carbocycles. The quantitative estimate of drug-likeness (QED) is 0.0483. The van der Waals surface area contributed by atoms with E-state index < -0.39 is 42.7 Å². The van der Waals surface area contributed by atoms with E-state index in [9.17, 15) is 60.3 Å². The van der Waals surface area contributed by atoms with Crippen molar-refractivity contribution in [2.75, 3.05) is 0 Å². The van der Waals surface area contributed by atoms with E-state index in [0.717, 1.165) is 93.5 Å². The molecule has 0 aliphatic heterocycles. The Balaban J connectivity index is 0.0000000988. The van der Waals surface area contributed by atoms with Crippen LogP contribution in [-0.4, -0.2) is 103 Å². The minimum atomic E-state index is -1.51. The van der Waals surface area contributed by atoms with Crippen LogP contribution in [0, 0.1) is 0 Å². The Bertz CT molecular complexity index is 9800. The van der Waals surface area contributed by atoms with Gasteiger partial charge in [0.15, 0.2) is 0 Å². The van der Waals surface area contributed by atoms with Gasteiger partial charge in [0.25, 0.3) is 0 Å². The molecule has 6 heterocycles. The van der Waals surface area contributed by atoms with Gasteiger partial charge in [-0.2, -0.15) is 0 Å². The minimum Gasteiger partial charge on any atom is -0.423 e. The monoisotopic (exact) mass is 2050 g/mol. The molecule has 0 radical (unpaired) electrons. The van der Waals surface area contributed by atoms with Crippen molar-refractivity contribution in [3.05, 3.63) is 461 Å². The number of rotatable bonds is 13. The minimum absolute atomic E-state index is 0.495. The fraction of sp³-hybridized carbons (Fsp3) is 0. The Kier molecular flexibility index (Phi) is 28.0. The normalized spacial score (nSPS) is 11.3. The second kappa shape index (κ2) is 42.8. The van der Waals surface area contributed by atoms with Gasteiger partial charge in [0.1, 0.15) is 0 Å². The van der Waals surface area contributed by atoms with Crippen molar-refractivity contribution in [1.82, 2.24) is 0 Å². The lowest BCUT2D eigenvalue weighted by Gasteiger charge is -2.12. The van der Waals surface area contributed by atoms with E-state index in [-0.39, 0.29) is 0 Å². The molecule has 24 heteroatoms. The van der Waals surface area contributed by atoms with Gasteiger partial charge >= 0.3 is 42.7 Å². The van der Waals surface area contributed by atoms with Gasteiger partial charge in [-0.3, -0.25) is 0 Å². The van der Waals surface area contributed by atoms with Gasteiger partial charge in [0.2, 0.25) is 0 Å². The maximum absolute atomic E-state index is 9.88. The second-order valence-corrected chi connectivity index (χ2v) is 43.0. The lowest BCUT2D eigenvalue weighted by Crippen LogP contribution is -2.30. The number of thiophene rings is 6. The van der Waals surface area contributed by atoms with E-state index >= 15 is 0 Å². The van der Waals surface area contributed by atoms with E-state index in [0.29, 0.717) is 32.8 Å². The van der Waals surface area contributed by atoms with Crippen LogP contribution in [0.1, 0.15) is 0 Å². The van der Waals surface area contributed by atoms with Crippen molar-refractivity contribution in [1.29, 1.82) is 0 Å². The lowest BCUT2D eigenvalue weighted by molar-refractivity contribution is 0.424. The van der Waals surface area contributed by atoms with E-state index in [1.165, 1.54) is 138 Å². The average Bonchev–Trinajstić information content (AvgIpc) is 1.58. The number of hydrogen-bond donors (Lipinski definition) is 12. The van der Waals surface area contributed by atoms with Crippen molar-refractivity contribution in [3.8, 4) is 77.9 Å². The Hall–Kier alpha value is -15.2. The average molecular weight is 2050 g/mol. The predicted molar refractivity (Wildman–Crippen MR) is 646 cm³/mol. The first-order valence-electron chi connectivity index (χ1n) is 49.0. The number of benzene rings is 22. The summed E-state index contributed by atoms with van der Waals surface area (Å²) in [6.07, 6.45) is 0. The Morgan fingerprint density at radius 1 is 0.127 bits per heavy atom. The van der Waals surface area contributed by atoms with Gasteiger partial charge in [-0.25, -0.2) is 0 Å². The topological polar surface area (TPSA) is 243 Å². The molecule has 6 aromatic heterocycles. The summed E-state index contributed by atoms with van der Waals surface area (Å²) < 4.78 is 15.1. The molecule has 0 atom stereocenters. The van der Waals surface area contributed by atoms with Crippen molar-refractivity contribution in [3.63, 3.8) is 0 Å². The molecule has 0 unspecified atom stereocenters. The molecular weight excluding hydrogens is 1960 g/mol. The molecule has 718 valence electrons. The molecular formula is C126H88B6O12S6. The van der Waals surface area contributed by atoms with Gasteiger partial charge in [-0.1, -0.05) is 413 Å². The first kappa shape index (κ1) is 98.2. The lowest BCUT2D eigenvalue weighted by atomic mass is 9.75. The molecule has 22 aromatic carbocycles. The van der Waals surface area contributed by atoms with Gasteiger partial charge in [-0.05, 0) is 180 Å². The van der Waals surface area contributed by atoms with Gasteiger partial charge in [-0.15, -0.1) is 68.0 Å². The van der Waals surface area contributed by atoms with Crippen LogP contribution in [0.4, 0.5) is 0 Å². The summed E-state index contributed by atoms with van der Waals surface area (Å²) >= 11 is 10.7. The molecule has 28 rings (SSSR count). The zero-order valence-corrected chi connectivity index (χ0v) is 85.1. The smallest absolute Gasteiger partial charge is 0.423 e. The van der Waals surface area contributed by atoms with Crippen LogP contribution >= 0.6 is 68.0 Å². The third-order valence-corrected chi connectivity index (χ3v) is 35.0. The second-order valence-electron chi connectivity index (χ2n) is 36.7. The molecule has 12 N–H and O–H groups in total. The van der Waals surface area contributed by atoms with Crippen LogP contribution in [-0.2, 0) is 0 Å². The molecule has 150 heavy (non-hydrogen) atoms. The highest BCUT2D eigenvalue weighted by molar-refractivity contribution is 7.28. The van der Waals surface area contributed by atoms with Crippen molar-refractivity contribution >= 4 is 297 Å². The summed E-state index contributed by atoms with van der Waals surface area (Å²) in [6, 6.07) is 155. The molecule has 0 aliphatic rings. The SMILES string of the molecule is OB(O)c1cc(-c2cccc3c2sc2ccccc23)cc2ccccc12.OB(O)c1cc(-c2ccccc2)cc(-c2cccc3c2sc2ccccc23)c1.OB(O)c1ccc(-c2cccc3c2sc2ccccc23)c2ccccc12.OB(O)c1ccc(-c2cccc3c2sc2ccccc23)cc1.OB(O)c1cccc(-c2cccc3c2sc2ccccc23)c1.OB(O)c1cccc2c(-c3cccc4c3sc3ccccc34)cccc12. The van der Waals surface area contributed by atoms with E-state index in [1.807, 2.05) is 164 Å². The summed E-state index contributed by atoms with van der Waals surface area (Å²) in [5.41, 5.74) is 18.3. The summed E-state index contributed by atoms with van der Waals surface area (Å²) in [4.78, 5) is 0. The van der Waals surface area contributed by atoms with Crippen LogP contribution in [0.2, 0.25) is 0 Å². The summed E-state index contributed by atoms with van der Waals surface area (Å²) in [7, 11) is -8.83. The summed E-state index contributed by atoms with van der Waals surface area (Å²) in [5, 5.41) is 136. The molecule has 28 aromatic rings. The zero-order chi connectivity index (χ0) is 102. The third-order valence-electron chi connectivity index (χ3n) is 27.6. The highest BCUT2D eigenvalue weighted by Gasteiger charge is 2.26. The summed E-state index contributed by atoms with van der Waals surface area (Å²) in [5.74, 6) is 0. The molecule has 0 amide bonds. The fourth-order valence-corrected chi connectivity index (χ4v) is 28.0.